The van der Waals surface area contributed by atoms with Crippen molar-refractivity contribution in [2.45, 2.75) is 19.8 Å². The predicted octanol–water partition coefficient (Wildman–Crippen LogP) is 2.29. The van der Waals surface area contributed by atoms with Crippen LogP contribution >= 0.6 is 12.2 Å². The van der Waals surface area contributed by atoms with Gasteiger partial charge in [0.15, 0.2) is 5.11 Å². The number of nitrogens with zero attached hydrogens (tertiary/aromatic N) is 1. The van der Waals surface area contributed by atoms with Gasteiger partial charge in [0.05, 0.1) is 13.3 Å². The largest absolute Gasteiger partial charge is 0.496 e. The first-order chi connectivity index (χ1) is 8.77. The van der Waals surface area contributed by atoms with Gasteiger partial charge in [0, 0.05) is 12.1 Å². The van der Waals surface area contributed by atoms with Crippen LogP contribution in [-0.4, -0.2) is 25.0 Å². The number of benzene rings is 1. The fraction of sp³-hybridized carbons (Fsp3) is 0.385. The molecule has 0 aliphatic rings. The summed E-state index contributed by atoms with van der Waals surface area (Å²) in [5, 5.41) is 7.68. The molecule has 0 unspecified atom stereocenters. The lowest BCUT2D eigenvalue weighted by Gasteiger charge is -2.06. The van der Waals surface area contributed by atoms with E-state index in [1.807, 2.05) is 24.3 Å². The number of methoxy groups -OCH3 is 1. The molecule has 0 aliphatic heterocycles. The summed E-state index contributed by atoms with van der Waals surface area (Å²) in [6, 6.07) is 7.67. The predicted molar refractivity (Wildman–Crippen MR) is 79.2 cm³/mol. The SMILES string of the molecule is CCCCNC(=S)NN=Cc1ccccc1OC. The van der Waals surface area contributed by atoms with Gasteiger partial charge in [0.1, 0.15) is 5.75 Å². The Morgan fingerprint density at radius 1 is 1.44 bits per heavy atom. The summed E-state index contributed by atoms with van der Waals surface area (Å²) in [5.74, 6) is 0.785. The Hall–Kier alpha value is -1.62. The summed E-state index contributed by atoms with van der Waals surface area (Å²) in [7, 11) is 1.64. The van der Waals surface area contributed by atoms with E-state index < -0.39 is 0 Å². The van der Waals surface area contributed by atoms with Crippen molar-refractivity contribution < 1.29 is 4.74 Å². The van der Waals surface area contributed by atoms with Gasteiger partial charge in [0.25, 0.3) is 0 Å². The maximum Gasteiger partial charge on any atom is 0.186 e. The molecular weight excluding hydrogens is 246 g/mol. The molecule has 0 fully saturated rings. The Kier molecular flexibility index (Phi) is 6.79. The molecule has 0 bridgehead atoms. The molecule has 18 heavy (non-hydrogen) atoms. The van der Waals surface area contributed by atoms with Gasteiger partial charge < -0.3 is 10.1 Å². The van der Waals surface area contributed by atoms with Gasteiger partial charge in [-0.25, -0.2) is 0 Å². The minimum absolute atomic E-state index is 0.537. The number of unbranched alkanes of at least 4 members (excludes halogenated alkanes) is 1. The number of hydrazone groups is 1. The van der Waals surface area contributed by atoms with Gasteiger partial charge in [0.2, 0.25) is 0 Å². The Labute approximate surface area is 113 Å². The topological polar surface area (TPSA) is 45.7 Å². The van der Waals surface area contributed by atoms with E-state index in [2.05, 4.69) is 22.8 Å². The van der Waals surface area contributed by atoms with Crippen molar-refractivity contribution in [3.63, 3.8) is 0 Å². The van der Waals surface area contributed by atoms with Crippen LogP contribution in [0, 0.1) is 0 Å². The van der Waals surface area contributed by atoms with Crippen LogP contribution < -0.4 is 15.5 Å². The standard InChI is InChI=1S/C13H19N3OS/c1-3-4-9-14-13(18)16-15-10-11-7-5-6-8-12(11)17-2/h5-8,10H,3-4,9H2,1-2H3,(H2,14,16,18). The molecule has 0 saturated carbocycles. The lowest BCUT2D eigenvalue weighted by atomic mass is 10.2. The zero-order valence-electron chi connectivity index (χ0n) is 10.8. The second kappa shape index (κ2) is 8.47. The highest BCUT2D eigenvalue weighted by Crippen LogP contribution is 2.14. The fourth-order valence-electron chi connectivity index (χ4n) is 1.35. The molecule has 1 rings (SSSR count). The molecule has 2 N–H and O–H groups in total. The Morgan fingerprint density at radius 2 is 2.22 bits per heavy atom. The molecule has 0 spiro atoms. The summed E-state index contributed by atoms with van der Waals surface area (Å²) in [6.45, 7) is 3.00. The summed E-state index contributed by atoms with van der Waals surface area (Å²) in [4.78, 5) is 0. The van der Waals surface area contributed by atoms with Crippen molar-refractivity contribution in [3.05, 3.63) is 29.8 Å². The second-order valence-corrected chi connectivity index (χ2v) is 4.13. The smallest absolute Gasteiger partial charge is 0.186 e. The number of ether oxygens (including phenoxy) is 1. The number of rotatable bonds is 6. The number of para-hydroxylation sites is 1. The van der Waals surface area contributed by atoms with Crippen molar-refractivity contribution in [2.24, 2.45) is 5.10 Å². The first kappa shape index (κ1) is 14.4. The number of thiocarbonyl (C=S) groups is 1. The Balaban J connectivity index is 2.42. The molecule has 98 valence electrons. The van der Waals surface area contributed by atoms with Crippen LogP contribution in [0.3, 0.4) is 0 Å². The van der Waals surface area contributed by atoms with Crippen molar-refractivity contribution in [2.75, 3.05) is 13.7 Å². The van der Waals surface area contributed by atoms with E-state index in [-0.39, 0.29) is 0 Å². The van der Waals surface area contributed by atoms with E-state index in [9.17, 15) is 0 Å². The van der Waals surface area contributed by atoms with E-state index in [1.54, 1.807) is 13.3 Å². The maximum absolute atomic E-state index is 5.21. The minimum atomic E-state index is 0.537. The minimum Gasteiger partial charge on any atom is -0.496 e. The van der Waals surface area contributed by atoms with E-state index >= 15 is 0 Å². The van der Waals surface area contributed by atoms with Crippen LogP contribution in [0.2, 0.25) is 0 Å². The quantitative estimate of drug-likeness (QED) is 0.358. The first-order valence-electron chi connectivity index (χ1n) is 5.97. The van der Waals surface area contributed by atoms with Crippen LogP contribution in [0.4, 0.5) is 0 Å². The zero-order valence-corrected chi connectivity index (χ0v) is 11.6. The highest BCUT2D eigenvalue weighted by Gasteiger charge is 1.97. The average molecular weight is 265 g/mol. The third-order valence-corrected chi connectivity index (χ3v) is 2.56. The van der Waals surface area contributed by atoms with Crippen molar-refractivity contribution in [1.82, 2.24) is 10.7 Å². The normalized spacial score (nSPS) is 10.3. The van der Waals surface area contributed by atoms with Gasteiger partial charge in [-0.05, 0) is 30.8 Å². The van der Waals surface area contributed by atoms with Crippen molar-refractivity contribution in [1.29, 1.82) is 0 Å². The molecule has 0 atom stereocenters. The van der Waals surface area contributed by atoms with Gasteiger partial charge >= 0.3 is 0 Å². The molecule has 0 aromatic heterocycles. The summed E-state index contributed by atoms with van der Waals surface area (Å²) in [6.07, 6.45) is 3.92. The van der Waals surface area contributed by atoms with E-state index in [0.29, 0.717) is 5.11 Å². The van der Waals surface area contributed by atoms with Crippen molar-refractivity contribution in [3.8, 4) is 5.75 Å². The van der Waals surface area contributed by atoms with Crippen LogP contribution in [0.5, 0.6) is 5.75 Å². The van der Waals surface area contributed by atoms with Crippen LogP contribution in [0.25, 0.3) is 0 Å². The van der Waals surface area contributed by atoms with Crippen LogP contribution in [0.1, 0.15) is 25.3 Å². The van der Waals surface area contributed by atoms with E-state index in [1.165, 1.54) is 0 Å². The Morgan fingerprint density at radius 3 is 2.94 bits per heavy atom. The summed E-state index contributed by atoms with van der Waals surface area (Å²) in [5.41, 5.74) is 3.68. The molecule has 1 aromatic rings. The summed E-state index contributed by atoms with van der Waals surface area (Å²) < 4.78 is 5.21. The highest BCUT2D eigenvalue weighted by atomic mass is 32.1. The van der Waals surface area contributed by atoms with Crippen molar-refractivity contribution >= 4 is 23.5 Å². The number of hydrogen-bond donors (Lipinski definition) is 2. The third-order valence-electron chi connectivity index (χ3n) is 2.32. The third kappa shape index (κ3) is 5.14. The molecule has 0 saturated heterocycles. The molecule has 5 heteroatoms. The molecule has 4 nitrogen and oxygen atoms in total. The van der Waals surface area contributed by atoms with Gasteiger partial charge in [-0.3, -0.25) is 5.43 Å². The molecule has 0 amide bonds. The average Bonchev–Trinajstić information content (AvgIpc) is 2.39. The van der Waals surface area contributed by atoms with E-state index in [4.69, 9.17) is 17.0 Å². The fourth-order valence-corrected chi connectivity index (χ4v) is 1.51. The van der Waals surface area contributed by atoms with Crippen LogP contribution in [0.15, 0.2) is 29.4 Å². The molecule has 0 aliphatic carbocycles. The van der Waals surface area contributed by atoms with Crippen LogP contribution in [-0.2, 0) is 0 Å². The molecular formula is C13H19N3OS. The van der Waals surface area contributed by atoms with Gasteiger partial charge in [-0.15, -0.1) is 0 Å². The summed E-state index contributed by atoms with van der Waals surface area (Å²) >= 11 is 5.08. The van der Waals surface area contributed by atoms with Gasteiger partial charge in [-0.2, -0.15) is 5.10 Å². The highest BCUT2D eigenvalue weighted by molar-refractivity contribution is 7.80. The molecule has 0 heterocycles. The first-order valence-corrected chi connectivity index (χ1v) is 6.38. The Bertz CT molecular complexity index is 407. The van der Waals surface area contributed by atoms with Gasteiger partial charge in [-0.1, -0.05) is 25.5 Å². The molecule has 0 radical (unpaired) electrons. The molecule has 1 aromatic carbocycles. The lowest BCUT2D eigenvalue weighted by Crippen LogP contribution is -2.32. The maximum atomic E-state index is 5.21. The van der Waals surface area contributed by atoms with E-state index in [0.717, 1.165) is 30.7 Å². The number of hydrogen-bond acceptors (Lipinski definition) is 3. The zero-order chi connectivity index (χ0) is 13.2. The monoisotopic (exact) mass is 265 g/mol. The lowest BCUT2D eigenvalue weighted by molar-refractivity contribution is 0.414. The second-order valence-electron chi connectivity index (χ2n) is 3.72. The number of nitrogens with one attached hydrogen (secondary N) is 2.